The third kappa shape index (κ3) is 3.07. The van der Waals surface area contributed by atoms with Crippen molar-refractivity contribution in [3.63, 3.8) is 0 Å². The molecule has 0 saturated heterocycles. The SMILES string of the molecule is COc1ccc(COC(=O)CN)c2nc3cccc(C(=O)O)c3nc12. The Labute approximate surface area is 142 Å². The number of hydrogen-bond acceptors (Lipinski definition) is 7. The lowest BCUT2D eigenvalue weighted by Crippen LogP contribution is -2.16. The molecule has 0 bridgehead atoms. The maximum absolute atomic E-state index is 11.4. The van der Waals surface area contributed by atoms with E-state index in [1.165, 1.54) is 13.2 Å². The van der Waals surface area contributed by atoms with E-state index in [9.17, 15) is 14.7 Å². The minimum atomic E-state index is -1.09. The Morgan fingerprint density at radius 1 is 1.12 bits per heavy atom. The van der Waals surface area contributed by atoms with Gasteiger partial charge < -0.3 is 20.3 Å². The molecule has 8 nitrogen and oxygen atoms in total. The topological polar surface area (TPSA) is 125 Å². The van der Waals surface area contributed by atoms with Gasteiger partial charge in [-0.1, -0.05) is 6.07 Å². The van der Waals surface area contributed by atoms with Crippen LogP contribution in [0.5, 0.6) is 5.75 Å². The van der Waals surface area contributed by atoms with Crippen LogP contribution in [0.25, 0.3) is 22.1 Å². The number of aromatic nitrogens is 2. The van der Waals surface area contributed by atoms with Gasteiger partial charge in [0.25, 0.3) is 0 Å². The van der Waals surface area contributed by atoms with E-state index in [0.29, 0.717) is 27.9 Å². The van der Waals surface area contributed by atoms with E-state index in [2.05, 4.69) is 9.97 Å². The van der Waals surface area contributed by atoms with Gasteiger partial charge in [0.05, 0.1) is 30.3 Å². The Balaban J connectivity index is 2.24. The molecule has 0 aliphatic carbocycles. The molecule has 1 aromatic heterocycles. The zero-order valence-corrected chi connectivity index (χ0v) is 13.4. The summed E-state index contributed by atoms with van der Waals surface area (Å²) in [5, 5.41) is 9.34. The molecule has 0 aliphatic heterocycles. The molecule has 128 valence electrons. The first-order chi connectivity index (χ1) is 12.0. The van der Waals surface area contributed by atoms with Crippen LogP contribution in [-0.2, 0) is 16.1 Å². The van der Waals surface area contributed by atoms with Crippen LogP contribution in [0, 0.1) is 0 Å². The highest BCUT2D eigenvalue weighted by molar-refractivity contribution is 6.03. The Hall–Kier alpha value is -3.26. The van der Waals surface area contributed by atoms with Gasteiger partial charge in [-0.05, 0) is 24.3 Å². The molecule has 2 aromatic carbocycles. The summed E-state index contributed by atoms with van der Waals surface area (Å²) in [5.41, 5.74) is 7.45. The van der Waals surface area contributed by atoms with Gasteiger partial charge in [-0.3, -0.25) is 4.79 Å². The molecule has 0 amide bonds. The smallest absolute Gasteiger partial charge is 0.337 e. The standard InChI is InChI=1S/C17H15N3O5/c1-24-12-6-5-9(8-25-13(21)7-18)14-16(12)20-15-10(17(22)23)3-2-4-11(15)19-14/h2-6H,7-8,18H2,1H3,(H,22,23). The van der Waals surface area contributed by atoms with E-state index in [4.69, 9.17) is 15.2 Å². The Morgan fingerprint density at radius 2 is 1.92 bits per heavy atom. The first-order valence-corrected chi connectivity index (χ1v) is 7.40. The number of esters is 1. The van der Waals surface area contributed by atoms with Gasteiger partial charge in [0.15, 0.2) is 0 Å². The lowest BCUT2D eigenvalue weighted by molar-refractivity contribution is -0.143. The predicted octanol–water partition coefficient (Wildman–Crippen LogP) is 1.49. The number of ether oxygens (including phenoxy) is 2. The molecule has 0 aliphatic rings. The number of carboxylic acids is 1. The average Bonchev–Trinajstić information content (AvgIpc) is 2.63. The lowest BCUT2D eigenvalue weighted by Gasteiger charge is -2.11. The number of nitrogens with two attached hydrogens (primary N) is 1. The molecule has 0 fully saturated rings. The molecule has 0 saturated carbocycles. The summed E-state index contributed by atoms with van der Waals surface area (Å²) in [5.74, 6) is -1.18. The summed E-state index contributed by atoms with van der Waals surface area (Å²) >= 11 is 0. The Kier molecular flexibility index (Phi) is 4.44. The van der Waals surface area contributed by atoms with E-state index in [1.54, 1.807) is 24.3 Å². The number of rotatable bonds is 5. The van der Waals surface area contributed by atoms with E-state index in [0.717, 1.165) is 0 Å². The van der Waals surface area contributed by atoms with Gasteiger partial charge in [-0.15, -0.1) is 0 Å². The van der Waals surface area contributed by atoms with Gasteiger partial charge in [-0.2, -0.15) is 0 Å². The van der Waals surface area contributed by atoms with Crippen molar-refractivity contribution in [2.45, 2.75) is 6.61 Å². The number of hydrogen-bond donors (Lipinski definition) is 2. The molecular weight excluding hydrogens is 326 g/mol. The first-order valence-electron chi connectivity index (χ1n) is 7.40. The largest absolute Gasteiger partial charge is 0.494 e. The van der Waals surface area contributed by atoms with Crippen LogP contribution in [-0.4, -0.2) is 40.7 Å². The van der Waals surface area contributed by atoms with Crippen molar-refractivity contribution < 1.29 is 24.2 Å². The number of aromatic carboxylic acids is 1. The van der Waals surface area contributed by atoms with Gasteiger partial charge in [-0.25, -0.2) is 14.8 Å². The molecule has 0 spiro atoms. The molecule has 25 heavy (non-hydrogen) atoms. The third-order valence-corrected chi connectivity index (χ3v) is 3.67. The first kappa shape index (κ1) is 16.6. The number of benzene rings is 2. The molecule has 0 radical (unpaired) electrons. The van der Waals surface area contributed by atoms with Crippen LogP contribution in [0.4, 0.5) is 0 Å². The van der Waals surface area contributed by atoms with Crippen LogP contribution in [0.1, 0.15) is 15.9 Å². The summed E-state index contributed by atoms with van der Waals surface area (Å²) in [6.07, 6.45) is 0. The van der Waals surface area contributed by atoms with Crippen molar-refractivity contribution in [1.82, 2.24) is 9.97 Å². The van der Waals surface area contributed by atoms with Gasteiger partial charge >= 0.3 is 11.9 Å². The number of carbonyl (C=O) groups excluding carboxylic acids is 1. The van der Waals surface area contributed by atoms with Crippen LogP contribution in [0.15, 0.2) is 30.3 Å². The van der Waals surface area contributed by atoms with Crippen LogP contribution in [0.3, 0.4) is 0 Å². The second-order valence-electron chi connectivity index (χ2n) is 5.19. The minimum absolute atomic E-state index is 0.0185. The molecule has 1 heterocycles. The van der Waals surface area contributed by atoms with E-state index in [-0.39, 0.29) is 24.2 Å². The maximum Gasteiger partial charge on any atom is 0.337 e. The Bertz CT molecular complexity index is 987. The zero-order chi connectivity index (χ0) is 18.0. The van der Waals surface area contributed by atoms with Crippen molar-refractivity contribution >= 4 is 34.0 Å². The molecule has 3 aromatic rings. The van der Waals surface area contributed by atoms with Gasteiger partial charge in [0.1, 0.15) is 23.4 Å². The number of methoxy groups -OCH3 is 1. The van der Waals surface area contributed by atoms with Crippen molar-refractivity contribution in [2.75, 3.05) is 13.7 Å². The summed E-state index contributed by atoms with van der Waals surface area (Å²) in [6, 6.07) is 8.11. The number of carboxylic acid groups (broad SMARTS) is 1. The zero-order valence-electron chi connectivity index (χ0n) is 13.4. The second-order valence-corrected chi connectivity index (χ2v) is 5.19. The fraction of sp³-hybridized carbons (Fsp3) is 0.176. The molecule has 0 atom stereocenters. The van der Waals surface area contributed by atoms with E-state index < -0.39 is 11.9 Å². The maximum atomic E-state index is 11.4. The summed E-state index contributed by atoms with van der Waals surface area (Å²) in [4.78, 5) is 31.7. The van der Waals surface area contributed by atoms with Crippen molar-refractivity contribution in [1.29, 1.82) is 0 Å². The fourth-order valence-electron chi connectivity index (χ4n) is 2.48. The number of nitrogens with zero attached hydrogens (tertiary/aromatic N) is 2. The molecule has 3 rings (SSSR count). The van der Waals surface area contributed by atoms with Crippen molar-refractivity contribution in [2.24, 2.45) is 5.73 Å². The minimum Gasteiger partial charge on any atom is -0.494 e. The van der Waals surface area contributed by atoms with Gasteiger partial charge in [0, 0.05) is 5.56 Å². The quantitative estimate of drug-likeness (QED) is 0.528. The lowest BCUT2D eigenvalue weighted by atomic mass is 10.1. The van der Waals surface area contributed by atoms with Crippen LogP contribution < -0.4 is 10.5 Å². The third-order valence-electron chi connectivity index (χ3n) is 3.67. The van der Waals surface area contributed by atoms with Crippen LogP contribution in [0.2, 0.25) is 0 Å². The monoisotopic (exact) mass is 341 g/mol. The van der Waals surface area contributed by atoms with E-state index >= 15 is 0 Å². The summed E-state index contributed by atoms with van der Waals surface area (Å²) < 4.78 is 10.4. The summed E-state index contributed by atoms with van der Waals surface area (Å²) in [6.45, 7) is -0.236. The highest BCUT2D eigenvalue weighted by Crippen LogP contribution is 2.29. The Morgan fingerprint density at radius 3 is 2.60 bits per heavy atom. The average molecular weight is 341 g/mol. The molecular formula is C17H15N3O5. The number of fused-ring (bicyclic) bond motifs is 2. The molecule has 8 heteroatoms. The van der Waals surface area contributed by atoms with Gasteiger partial charge in [0.2, 0.25) is 0 Å². The predicted molar refractivity (Wildman–Crippen MR) is 89.4 cm³/mol. The number of carbonyl (C=O) groups is 2. The van der Waals surface area contributed by atoms with Crippen molar-refractivity contribution in [3.8, 4) is 5.75 Å². The van der Waals surface area contributed by atoms with Crippen LogP contribution >= 0.6 is 0 Å². The number of para-hydroxylation sites is 1. The normalized spacial score (nSPS) is 10.8. The highest BCUT2D eigenvalue weighted by atomic mass is 16.5. The second kappa shape index (κ2) is 6.70. The van der Waals surface area contributed by atoms with E-state index in [1.807, 2.05) is 0 Å². The van der Waals surface area contributed by atoms with Crippen molar-refractivity contribution in [3.05, 3.63) is 41.5 Å². The molecule has 0 unspecified atom stereocenters. The highest BCUT2D eigenvalue weighted by Gasteiger charge is 2.16. The summed E-state index contributed by atoms with van der Waals surface area (Å²) in [7, 11) is 1.48. The molecule has 3 N–H and O–H groups in total. The fourth-order valence-corrected chi connectivity index (χ4v) is 2.48.